The molecule has 4 rings (SSSR count). The third kappa shape index (κ3) is 3.57. The number of anilines is 1. The van der Waals surface area contributed by atoms with Crippen LogP contribution in [0.3, 0.4) is 0 Å². The van der Waals surface area contributed by atoms with Gasteiger partial charge in [0.1, 0.15) is 5.75 Å². The topological polar surface area (TPSA) is 67.0 Å². The number of rotatable bonds is 5. The smallest absolute Gasteiger partial charge is 0.266 e. The standard InChI is InChI=1S/C21H19N3O2S/c1-13-19(16-10-6-7-11-17(16)22-13)18-12-27-21(23-18)24-20(25)14(2)26-15-8-4-3-5-9-15/h3-12,14,22H,1-2H3,(H,23,24,25). The Kier molecular flexibility index (Phi) is 4.64. The molecule has 6 heteroatoms. The van der Waals surface area contributed by atoms with Gasteiger partial charge in [0.2, 0.25) is 0 Å². The van der Waals surface area contributed by atoms with Crippen LogP contribution in [0.25, 0.3) is 22.2 Å². The summed E-state index contributed by atoms with van der Waals surface area (Å²) >= 11 is 1.40. The number of hydrogen-bond acceptors (Lipinski definition) is 4. The number of benzene rings is 2. The molecular weight excluding hydrogens is 358 g/mol. The van der Waals surface area contributed by atoms with E-state index < -0.39 is 6.10 Å². The maximum absolute atomic E-state index is 12.4. The number of carbonyl (C=O) groups is 1. The zero-order valence-electron chi connectivity index (χ0n) is 15.0. The minimum Gasteiger partial charge on any atom is -0.481 e. The lowest BCUT2D eigenvalue weighted by molar-refractivity contribution is -0.122. The number of fused-ring (bicyclic) bond motifs is 1. The van der Waals surface area contributed by atoms with Crippen molar-refractivity contribution in [2.24, 2.45) is 0 Å². The van der Waals surface area contributed by atoms with Gasteiger partial charge in [0.05, 0.1) is 5.69 Å². The zero-order chi connectivity index (χ0) is 18.8. The fraction of sp³-hybridized carbons (Fsp3) is 0.143. The quantitative estimate of drug-likeness (QED) is 0.514. The lowest BCUT2D eigenvalue weighted by Crippen LogP contribution is -2.30. The van der Waals surface area contributed by atoms with Crippen molar-refractivity contribution in [2.45, 2.75) is 20.0 Å². The van der Waals surface area contributed by atoms with Gasteiger partial charge in [-0.3, -0.25) is 10.1 Å². The van der Waals surface area contributed by atoms with Crippen molar-refractivity contribution in [3.05, 3.63) is 65.7 Å². The Labute approximate surface area is 161 Å². The van der Waals surface area contributed by atoms with Gasteiger partial charge in [0.25, 0.3) is 5.91 Å². The first-order valence-corrected chi connectivity index (χ1v) is 9.55. The van der Waals surface area contributed by atoms with Crippen molar-refractivity contribution in [3.63, 3.8) is 0 Å². The molecule has 0 bridgehead atoms. The second-order valence-corrected chi connectivity index (χ2v) is 7.13. The Morgan fingerprint density at radius 1 is 1.15 bits per heavy atom. The molecule has 2 aromatic heterocycles. The van der Waals surface area contributed by atoms with Crippen molar-refractivity contribution in [1.29, 1.82) is 0 Å². The highest BCUT2D eigenvalue weighted by Crippen LogP contribution is 2.33. The van der Waals surface area contributed by atoms with Gasteiger partial charge in [0, 0.05) is 27.5 Å². The summed E-state index contributed by atoms with van der Waals surface area (Å²) in [4.78, 5) is 20.4. The zero-order valence-corrected chi connectivity index (χ0v) is 15.8. The first-order valence-electron chi connectivity index (χ1n) is 8.67. The van der Waals surface area contributed by atoms with Crippen molar-refractivity contribution in [2.75, 3.05) is 5.32 Å². The number of nitrogens with one attached hydrogen (secondary N) is 2. The number of amides is 1. The summed E-state index contributed by atoms with van der Waals surface area (Å²) in [5, 5.41) is 6.49. The molecule has 0 fully saturated rings. The summed E-state index contributed by atoms with van der Waals surface area (Å²) < 4.78 is 5.66. The van der Waals surface area contributed by atoms with Crippen LogP contribution < -0.4 is 10.1 Å². The molecule has 2 N–H and O–H groups in total. The molecule has 0 aliphatic rings. The van der Waals surface area contributed by atoms with Crippen LogP contribution in [0.5, 0.6) is 5.75 Å². The number of ether oxygens (including phenoxy) is 1. The van der Waals surface area contributed by atoms with Crippen LogP contribution in [0, 0.1) is 6.92 Å². The van der Waals surface area contributed by atoms with Gasteiger partial charge in [-0.25, -0.2) is 4.98 Å². The van der Waals surface area contributed by atoms with Crippen molar-refractivity contribution in [1.82, 2.24) is 9.97 Å². The molecular formula is C21H19N3O2S. The monoisotopic (exact) mass is 377 g/mol. The Morgan fingerprint density at radius 3 is 2.70 bits per heavy atom. The third-order valence-electron chi connectivity index (χ3n) is 4.31. The predicted octanol–water partition coefficient (Wildman–Crippen LogP) is 5.01. The number of aryl methyl sites for hydroxylation is 1. The van der Waals surface area contributed by atoms with E-state index in [1.54, 1.807) is 6.92 Å². The molecule has 0 radical (unpaired) electrons. The van der Waals surface area contributed by atoms with Crippen molar-refractivity contribution >= 4 is 33.3 Å². The second kappa shape index (κ2) is 7.25. The summed E-state index contributed by atoms with van der Waals surface area (Å²) in [6.45, 7) is 3.75. The van der Waals surface area contributed by atoms with E-state index >= 15 is 0 Å². The van der Waals surface area contributed by atoms with Crippen molar-refractivity contribution < 1.29 is 9.53 Å². The molecule has 4 aromatic rings. The summed E-state index contributed by atoms with van der Waals surface area (Å²) in [5.74, 6) is 0.435. The van der Waals surface area contributed by atoms with Crippen LogP contribution in [0.1, 0.15) is 12.6 Å². The molecule has 136 valence electrons. The van der Waals surface area contributed by atoms with E-state index in [1.807, 2.05) is 60.8 Å². The number of H-pyrrole nitrogens is 1. The fourth-order valence-electron chi connectivity index (χ4n) is 3.02. The summed E-state index contributed by atoms with van der Waals surface area (Å²) in [6, 6.07) is 17.4. The van der Waals surface area contributed by atoms with E-state index in [0.29, 0.717) is 10.9 Å². The van der Waals surface area contributed by atoms with Gasteiger partial charge >= 0.3 is 0 Å². The van der Waals surface area contributed by atoms with Crippen LogP contribution in [0.2, 0.25) is 0 Å². The summed E-state index contributed by atoms with van der Waals surface area (Å²) in [6.07, 6.45) is -0.616. The van der Waals surface area contributed by atoms with E-state index in [-0.39, 0.29) is 5.91 Å². The molecule has 0 aliphatic carbocycles. The van der Waals surface area contributed by atoms with Gasteiger partial charge < -0.3 is 9.72 Å². The van der Waals surface area contributed by atoms with E-state index in [2.05, 4.69) is 21.4 Å². The van der Waals surface area contributed by atoms with Crippen LogP contribution in [-0.2, 0) is 4.79 Å². The van der Waals surface area contributed by atoms with Crippen LogP contribution in [-0.4, -0.2) is 22.0 Å². The summed E-state index contributed by atoms with van der Waals surface area (Å²) in [7, 11) is 0. The minimum absolute atomic E-state index is 0.226. The molecule has 27 heavy (non-hydrogen) atoms. The first-order chi connectivity index (χ1) is 13.1. The largest absolute Gasteiger partial charge is 0.481 e. The molecule has 1 unspecified atom stereocenters. The Balaban J connectivity index is 1.51. The minimum atomic E-state index is -0.616. The number of hydrogen-bond donors (Lipinski definition) is 2. The second-order valence-electron chi connectivity index (χ2n) is 6.27. The van der Waals surface area contributed by atoms with Gasteiger partial charge in [-0.15, -0.1) is 11.3 Å². The number of aromatic amines is 1. The molecule has 2 aromatic carbocycles. The van der Waals surface area contributed by atoms with E-state index in [1.165, 1.54) is 11.3 Å². The van der Waals surface area contributed by atoms with Crippen LogP contribution >= 0.6 is 11.3 Å². The van der Waals surface area contributed by atoms with Crippen LogP contribution in [0.15, 0.2) is 60.0 Å². The maximum atomic E-state index is 12.4. The lowest BCUT2D eigenvalue weighted by atomic mass is 10.1. The van der Waals surface area contributed by atoms with E-state index in [9.17, 15) is 4.79 Å². The Morgan fingerprint density at radius 2 is 1.89 bits per heavy atom. The predicted molar refractivity (Wildman–Crippen MR) is 109 cm³/mol. The molecule has 1 atom stereocenters. The maximum Gasteiger partial charge on any atom is 0.266 e. The molecule has 0 saturated heterocycles. The van der Waals surface area contributed by atoms with Gasteiger partial charge in [-0.05, 0) is 32.0 Å². The average molecular weight is 377 g/mol. The number of nitrogens with zero attached hydrogens (tertiary/aromatic N) is 1. The van der Waals surface area contributed by atoms with E-state index in [4.69, 9.17) is 4.74 Å². The molecule has 0 aliphatic heterocycles. The Hall–Kier alpha value is -3.12. The van der Waals surface area contributed by atoms with Crippen molar-refractivity contribution in [3.8, 4) is 17.0 Å². The highest BCUT2D eigenvalue weighted by Gasteiger charge is 2.18. The molecule has 5 nitrogen and oxygen atoms in total. The number of thiazole rings is 1. The van der Waals surface area contributed by atoms with Crippen LogP contribution in [0.4, 0.5) is 5.13 Å². The SMILES string of the molecule is Cc1[nH]c2ccccc2c1-c1csc(NC(=O)C(C)Oc2ccccc2)n1. The number of para-hydroxylation sites is 2. The van der Waals surface area contributed by atoms with Gasteiger partial charge in [0.15, 0.2) is 11.2 Å². The Bertz CT molecular complexity index is 1090. The fourth-order valence-corrected chi connectivity index (χ4v) is 3.72. The number of carbonyl (C=O) groups excluding carboxylic acids is 1. The average Bonchev–Trinajstić information content (AvgIpc) is 3.25. The highest BCUT2D eigenvalue weighted by atomic mass is 32.1. The first kappa shape index (κ1) is 17.3. The lowest BCUT2D eigenvalue weighted by Gasteiger charge is -2.13. The molecule has 0 saturated carbocycles. The number of aromatic nitrogens is 2. The molecule has 1 amide bonds. The normalized spacial score (nSPS) is 12.1. The van der Waals surface area contributed by atoms with Gasteiger partial charge in [-0.2, -0.15) is 0 Å². The third-order valence-corrected chi connectivity index (χ3v) is 5.07. The van der Waals surface area contributed by atoms with E-state index in [0.717, 1.165) is 27.9 Å². The summed E-state index contributed by atoms with van der Waals surface area (Å²) in [5.41, 5.74) is 4.05. The highest BCUT2D eigenvalue weighted by molar-refractivity contribution is 7.14. The molecule has 0 spiro atoms. The van der Waals surface area contributed by atoms with Gasteiger partial charge in [-0.1, -0.05) is 36.4 Å². The molecule has 2 heterocycles.